The summed E-state index contributed by atoms with van der Waals surface area (Å²) in [5.74, 6) is 0.566. The molecule has 2 fully saturated rings. The van der Waals surface area contributed by atoms with Crippen molar-refractivity contribution in [3.8, 4) is 5.75 Å². The van der Waals surface area contributed by atoms with Crippen LogP contribution in [0.2, 0.25) is 0 Å². The Kier molecular flexibility index (Phi) is 5.86. The van der Waals surface area contributed by atoms with E-state index in [9.17, 15) is 4.39 Å². The highest BCUT2D eigenvalue weighted by atomic mass is 19.1. The van der Waals surface area contributed by atoms with Crippen LogP contribution in [0.5, 0.6) is 5.75 Å². The van der Waals surface area contributed by atoms with Gasteiger partial charge in [0, 0.05) is 51.4 Å². The van der Waals surface area contributed by atoms with Gasteiger partial charge in [0.15, 0.2) is 11.6 Å². The highest BCUT2D eigenvalue weighted by molar-refractivity contribution is 5.43. The van der Waals surface area contributed by atoms with Gasteiger partial charge in [-0.25, -0.2) is 9.37 Å². The maximum absolute atomic E-state index is 14.4. The predicted molar refractivity (Wildman–Crippen MR) is 91.2 cm³/mol. The Morgan fingerprint density at radius 1 is 1.33 bits per heavy atom. The lowest BCUT2D eigenvalue weighted by Gasteiger charge is -2.40. The third kappa shape index (κ3) is 3.79. The number of hydrogen-bond donors (Lipinski definition) is 1. The van der Waals surface area contributed by atoms with Gasteiger partial charge in [0.25, 0.3) is 0 Å². The normalized spacial score (nSPS) is 24.2. The van der Waals surface area contributed by atoms with Crippen molar-refractivity contribution in [3.63, 3.8) is 0 Å². The molecule has 0 bridgehead atoms. The number of fused-ring (bicyclic) bond motifs is 1. The van der Waals surface area contributed by atoms with Gasteiger partial charge in [-0.15, -0.1) is 0 Å². The van der Waals surface area contributed by atoms with Gasteiger partial charge < -0.3 is 19.7 Å². The lowest BCUT2D eigenvalue weighted by atomic mass is 10.1. The molecule has 6 nitrogen and oxygen atoms in total. The number of anilines is 1. The number of ether oxygens (including phenoxy) is 2. The number of hydrogen-bond acceptors (Lipinski definition) is 6. The van der Waals surface area contributed by atoms with Crippen LogP contribution in [0.15, 0.2) is 12.3 Å². The van der Waals surface area contributed by atoms with Crippen molar-refractivity contribution in [2.24, 2.45) is 0 Å². The Labute approximate surface area is 142 Å². The molecule has 0 aliphatic carbocycles. The number of methoxy groups -OCH3 is 1. The lowest BCUT2D eigenvalue weighted by molar-refractivity contribution is 0.146. The zero-order valence-electron chi connectivity index (χ0n) is 14.5. The predicted octanol–water partition coefficient (Wildman–Crippen LogP) is 1.12. The molecule has 2 atom stereocenters. The molecular weight excluding hydrogens is 311 g/mol. The van der Waals surface area contributed by atoms with E-state index in [0.29, 0.717) is 36.9 Å². The van der Waals surface area contributed by atoms with Crippen molar-refractivity contribution in [1.82, 2.24) is 15.2 Å². The van der Waals surface area contributed by atoms with E-state index in [4.69, 9.17) is 9.47 Å². The van der Waals surface area contributed by atoms with E-state index in [1.807, 2.05) is 7.05 Å². The van der Waals surface area contributed by atoms with Crippen LogP contribution < -0.4 is 15.0 Å². The summed E-state index contributed by atoms with van der Waals surface area (Å²) < 4.78 is 24.8. The van der Waals surface area contributed by atoms with E-state index >= 15 is 0 Å². The molecule has 1 N–H and O–H groups in total. The Bertz CT molecular complexity index is 545. The third-order valence-corrected chi connectivity index (χ3v) is 4.92. The first kappa shape index (κ1) is 17.4. The average molecular weight is 338 g/mol. The van der Waals surface area contributed by atoms with Crippen LogP contribution in [-0.2, 0) is 4.74 Å². The van der Waals surface area contributed by atoms with Crippen LogP contribution in [0.1, 0.15) is 12.8 Å². The van der Waals surface area contributed by atoms with Gasteiger partial charge in [0.2, 0.25) is 0 Å². The molecule has 2 aliphatic heterocycles. The maximum atomic E-state index is 14.4. The summed E-state index contributed by atoms with van der Waals surface area (Å²) in [6.07, 6.45) is 3.98. The maximum Gasteiger partial charge on any atom is 0.169 e. The van der Waals surface area contributed by atoms with Crippen molar-refractivity contribution >= 4 is 5.82 Å². The monoisotopic (exact) mass is 338 g/mol. The fourth-order valence-corrected chi connectivity index (χ4v) is 3.77. The summed E-state index contributed by atoms with van der Waals surface area (Å²) in [5.41, 5.74) is 0. The molecule has 3 heterocycles. The summed E-state index contributed by atoms with van der Waals surface area (Å²) >= 11 is 0. The molecule has 24 heavy (non-hydrogen) atoms. The van der Waals surface area contributed by atoms with Crippen molar-refractivity contribution in [1.29, 1.82) is 0 Å². The molecule has 0 aromatic carbocycles. The molecule has 7 heteroatoms. The number of halogens is 1. The molecule has 0 amide bonds. The van der Waals surface area contributed by atoms with Crippen molar-refractivity contribution in [3.05, 3.63) is 18.1 Å². The summed E-state index contributed by atoms with van der Waals surface area (Å²) in [7, 11) is 3.61. The SMILES string of the molecule is CNCC1CCC2CN(c3ncc(OCCOC)cc3F)CCN12. The second-order valence-corrected chi connectivity index (χ2v) is 6.44. The van der Waals surface area contributed by atoms with E-state index in [0.717, 1.165) is 26.2 Å². The van der Waals surface area contributed by atoms with E-state index in [2.05, 4.69) is 20.1 Å². The second-order valence-electron chi connectivity index (χ2n) is 6.44. The van der Waals surface area contributed by atoms with Crippen LogP contribution in [0, 0.1) is 5.82 Å². The number of nitrogens with one attached hydrogen (secondary N) is 1. The summed E-state index contributed by atoms with van der Waals surface area (Å²) in [6, 6.07) is 2.52. The van der Waals surface area contributed by atoms with Crippen molar-refractivity contribution < 1.29 is 13.9 Å². The Hall–Kier alpha value is -1.44. The van der Waals surface area contributed by atoms with E-state index < -0.39 is 0 Å². The number of aromatic nitrogens is 1. The van der Waals surface area contributed by atoms with Crippen LogP contribution in [0.25, 0.3) is 0 Å². The standard InChI is InChI=1S/C17H27FN4O2/c1-19-10-13-3-4-14-12-21(5-6-22(13)14)17-16(18)9-15(11-20-17)24-8-7-23-2/h9,11,13-14,19H,3-8,10,12H2,1-2H3. The zero-order chi connectivity index (χ0) is 16.9. The largest absolute Gasteiger partial charge is 0.489 e. The molecule has 0 saturated carbocycles. The summed E-state index contributed by atoms with van der Waals surface area (Å²) in [4.78, 5) is 8.93. The van der Waals surface area contributed by atoms with Gasteiger partial charge in [-0.3, -0.25) is 4.90 Å². The molecule has 1 aromatic rings. The minimum atomic E-state index is -0.317. The van der Waals surface area contributed by atoms with Gasteiger partial charge in [-0.2, -0.15) is 0 Å². The topological polar surface area (TPSA) is 49.9 Å². The van der Waals surface area contributed by atoms with Gasteiger partial charge >= 0.3 is 0 Å². The Morgan fingerprint density at radius 3 is 2.96 bits per heavy atom. The number of pyridine rings is 1. The first-order valence-corrected chi connectivity index (χ1v) is 8.65. The minimum absolute atomic E-state index is 0.317. The quantitative estimate of drug-likeness (QED) is 0.752. The molecule has 3 rings (SSSR count). The fraction of sp³-hybridized carbons (Fsp3) is 0.706. The number of piperazine rings is 1. The number of nitrogens with zero attached hydrogens (tertiary/aromatic N) is 3. The van der Waals surface area contributed by atoms with E-state index in [-0.39, 0.29) is 5.82 Å². The molecule has 0 radical (unpaired) electrons. The summed E-state index contributed by atoms with van der Waals surface area (Å²) in [5, 5.41) is 3.27. The molecule has 1 aromatic heterocycles. The molecule has 2 saturated heterocycles. The van der Waals surface area contributed by atoms with Crippen LogP contribution in [0.4, 0.5) is 10.2 Å². The Balaban J connectivity index is 1.61. The minimum Gasteiger partial charge on any atom is -0.489 e. The Morgan fingerprint density at radius 2 is 2.21 bits per heavy atom. The van der Waals surface area contributed by atoms with Crippen molar-refractivity contribution in [2.45, 2.75) is 24.9 Å². The van der Waals surface area contributed by atoms with Crippen molar-refractivity contribution in [2.75, 3.05) is 58.5 Å². The smallest absolute Gasteiger partial charge is 0.169 e. The first-order chi connectivity index (χ1) is 11.7. The van der Waals surface area contributed by atoms with E-state index in [1.54, 1.807) is 13.3 Å². The van der Waals surface area contributed by atoms with Gasteiger partial charge in [0.1, 0.15) is 12.4 Å². The van der Waals surface area contributed by atoms with Gasteiger partial charge in [-0.05, 0) is 19.9 Å². The molecule has 134 valence electrons. The zero-order valence-corrected chi connectivity index (χ0v) is 14.5. The second kappa shape index (κ2) is 8.09. The molecule has 2 unspecified atom stereocenters. The average Bonchev–Trinajstić information content (AvgIpc) is 2.98. The third-order valence-electron chi connectivity index (χ3n) is 4.92. The molecular formula is C17H27FN4O2. The highest BCUT2D eigenvalue weighted by Crippen LogP contribution is 2.30. The fourth-order valence-electron chi connectivity index (χ4n) is 3.77. The summed E-state index contributed by atoms with van der Waals surface area (Å²) in [6.45, 7) is 4.50. The number of likely N-dealkylation sites (N-methyl/N-ethyl adjacent to an activating group) is 1. The first-order valence-electron chi connectivity index (χ1n) is 8.65. The lowest BCUT2D eigenvalue weighted by Crippen LogP contribution is -2.54. The van der Waals surface area contributed by atoms with Crippen LogP contribution in [0.3, 0.4) is 0 Å². The van der Waals surface area contributed by atoms with E-state index in [1.165, 1.54) is 18.9 Å². The number of rotatable bonds is 7. The van der Waals surface area contributed by atoms with Gasteiger partial charge in [-0.1, -0.05) is 0 Å². The molecule has 0 spiro atoms. The van der Waals surface area contributed by atoms with Crippen LogP contribution >= 0.6 is 0 Å². The highest BCUT2D eigenvalue weighted by Gasteiger charge is 2.37. The molecule has 2 aliphatic rings. The van der Waals surface area contributed by atoms with Gasteiger partial charge in [0.05, 0.1) is 12.8 Å². The van der Waals surface area contributed by atoms with Crippen LogP contribution in [-0.4, -0.2) is 75.5 Å².